The van der Waals surface area contributed by atoms with Crippen LogP contribution in [0.3, 0.4) is 0 Å². The van der Waals surface area contributed by atoms with Crippen LogP contribution in [-0.2, 0) is 0 Å². The topological polar surface area (TPSA) is 50.7 Å². The molecule has 1 N–H and O–H groups in total. The van der Waals surface area contributed by atoms with Gasteiger partial charge in [-0.2, -0.15) is 9.36 Å². The van der Waals surface area contributed by atoms with E-state index in [1.54, 1.807) is 13.1 Å². The molecule has 0 unspecified atom stereocenters. The van der Waals surface area contributed by atoms with Crippen LogP contribution in [-0.4, -0.2) is 21.4 Å². The summed E-state index contributed by atoms with van der Waals surface area (Å²) in [7, 11) is 1.78. The first kappa shape index (κ1) is 10.6. The molecule has 2 aromatic heterocycles. The zero-order valence-corrected chi connectivity index (χ0v) is 9.99. The minimum absolute atomic E-state index is 0.447. The summed E-state index contributed by atoms with van der Waals surface area (Å²) in [5.41, 5.74) is 0.541. The molecule has 15 heavy (non-hydrogen) atoms. The van der Waals surface area contributed by atoms with Gasteiger partial charge in [-0.15, -0.1) is 0 Å². The Balaban J connectivity index is 2.44. The predicted molar refractivity (Wildman–Crippen MR) is 62.7 cm³/mol. The van der Waals surface area contributed by atoms with Gasteiger partial charge in [-0.05, 0) is 6.07 Å². The highest BCUT2D eigenvalue weighted by Crippen LogP contribution is 2.27. The quantitative estimate of drug-likeness (QED) is 0.902. The Labute approximate surface area is 100 Å². The number of nitrogens with one attached hydrogen (secondary N) is 1. The first-order chi connectivity index (χ1) is 7.20. The van der Waals surface area contributed by atoms with Crippen LogP contribution in [0.5, 0.6) is 0 Å². The van der Waals surface area contributed by atoms with Crippen molar-refractivity contribution in [1.82, 2.24) is 14.3 Å². The van der Waals surface area contributed by atoms with Gasteiger partial charge in [-0.3, -0.25) is 0 Å². The van der Waals surface area contributed by atoms with Crippen LogP contribution in [0.4, 0.5) is 5.13 Å². The number of hydrogen-bond donors (Lipinski definition) is 1. The third-order valence-electron chi connectivity index (χ3n) is 1.66. The van der Waals surface area contributed by atoms with E-state index in [4.69, 9.17) is 23.2 Å². The predicted octanol–water partition coefficient (Wildman–Crippen LogP) is 2.95. The Hall–Kier alpha value is -0.910. The molecule has 0 atom stereocenters. The van der Waals surface area contributed by atoms with Gasteiger partial charge >= 0.3 is 0 Å². The average molecular weight is 261 g/mol. The highest BCUT2D eigenvalue weighted by Gasteiger charge is 2.11. The lowest BCUT2D eigenvalue weighted by molar-refractivity contribution is 1.23. The summed E-state index contributed by atoms with van der Waals surface area (Å²) in [6.45, 7) is 0. The molecular weight excluding hydrogens is 255 g/mol. The van der Waals surface area contributed by atoms with Crippen LogP contribution >= 0.6 is 34.7 Å². The van der Waals surface area contributed by atoms with Crippen molar-refractivity contribution < 1.29 is 0 Å². The normalized spacial score (nSPS) is 10.3. The van der Waals surface area contributed by atoms with Crippen molar-refractivity contribution in [2.24, 2.45) is 0 Å². The lowest BCUT2D eigenvalue weighted by Gasteiger charge is -1.98. The summed E-state index contributed by atoms with van der Waals surface area (Å²) in [6, 6.07) is 1.62. The second-order valence-electron chi connectivity index (χ2n) is 2.66. The number of anilines is 1. The summed E-state index contributed by atoms with van der Waals surface area (Å²) in [5, 5.41) is 4.56. The molecule has 4 nitrogen and oxygen atoms in total. The highest BCUT2D eigenvalue weighted by atomic mass is 35.5. The van der Waals surface area contributed by atoms with Crippen molar-refractivity contribution in [2.45, 2.75) is 0 Å². The van der Waals surface area contributed by atoms with Crippen molar-refractivity contribution in [2.75, 3.05) is 12.4 Å². The number of halogens is 2. The maximum atomic E-state index is 5.97. The molecule has 0 spiro atoms. The fraction of sp³-hybridized carbons (Fsp3) is 0.125. The Morgan fingerprint density at radius 1 is 1.40 bits per heavy atom. The standard InChI is InChI=1S/C8H6Cl2N4S/c1-11-8-13-7(14-15-8)6-5(10)2-4(9)3-12-6/h2-3H,1H3,(H,11,13,14). The van der Waals surface area contributed by atoms with Gasteiger partial charge in [0.25, 0.3) is 0 Å². The van der Waals surface area contributed by atoms with E-state index in [1.165, 1.54) is 17.7 Å². The lowest BCUT2D eigenvalue weighted by Crippen LogP contribution is -1.89. The fourth-order valence-corrected chi connectivity index (χ4v) is 1.98. The molecule has 0 aliphatic heterocycles. The maximum Gasteiger partial charge on any atom is 0.202 e. The van der Waals surface area contributed by atoms with Crippen molar-refractivity contribution in [1.29, 1.82) is 0 Å². The van der Waals surface area contributed by atoms with Crippen LogP contribution < -0.4 is 5.32 Å². The molecule has 2 aromatic rings. The summed E-state index contributed by atoms with van der Waals surface area (Å²) in [4.78, 5) is 8.28. The van der Waals surface area contributed by atoms with Crippen molar-refractivity contribution in [3.05, 3.63) is 22.3 Å². The monoisotopic (exact) mass is 260 g/mol. The van der Waals surface area contributed by atoms with Crippen molar-refractivity contribution in [3.8, 4) is 11.5 Å². The molecule has 0 bridgehead atoms. The van der Waals surface area contributed by atoms with Gasteiger partial charge in [0.05, 0.1) is 10.0 Å². The fourth-order valence-electron chi connectivity index (χ4n) is 1.00. The molecule has 0 amide bonds. The van der Waals surface area contributed by atoms with Gasteiger partial charge in [0.1, 0.15) is 5.69 Å². The van der Waals surface area contributed by atoms with E-state index in [1.807, 2.05) is 0 Å². The van der Waals surface area contributed by atoms with Crippen LogP contribution in [0.2, 0.25) is 10.0 Å². The largest absolute Gasteiger partial charge is 0.363 e. The van der Waals surface area contributed by atoms with Crippen LogP contribution in [0, 0.1) is 0 Å². The molecule has 0 aromatic carbocycles. The lowest BCUT2D eigenvalue weighted by atomic mass is 10.3. The van der Waals surface area contributed by atoms with E-state index in [-0.39, 0.29) is 0 Å². The SMILES string of the molecule is CNc1nc(-c2ncc(Cl)cc2Cl)ns1. The minimum atomic E-state index is 0.447. The Kier molecular flexibility index (Phi) is 3.04. The highest BCUT2D eigenvalue weighted by molar-refractivity contribution is 7.09. The van der Waals surface area contributed by atoms with Crippen LogP contribution in [0.1, 0.15) is 0 Å². The molecule has 0 saturated carbocycles. The van der Waals surface area contributed by atoms with Gasteiger partial charge in [0, 0.05) is 24.8 Å². The smallest absolute Gasteiger partial charge is 0.202 e. The molecule has 2 heterocycles. The van der Waals surface area contributed by atoms with Crippen molar-refractivity contribution in [3.63, 3.8) is 0 Å². The molecule has 7 heteroatoms. The van der Waals surface area contributed by atoms with E-state index in [2.05, 4.69) is 19.7 Å². The van der Waals surface area contributed by atoms with Gasteiger partial charge < -0.3 is 5.32 Å². The molecule has 0 aliphatic rings. The molecule has 78 valence electrons. The van der Waals surface area contributed by atoms with E-state index in [0.717, 1.165) is 5.13 Å². The number of nitrogens with zero attached hydrogens (tertiary/aromatic N) is 3. The third-order valence-corrected chi connectivity index (χ3v) is 2.89. The number of pyridine rings is 1. The summed E-state index contributed by atoms with van der Waals surface area (Å²) >= 11 is 13.0. The summed E-state index contributed by atoms with van der Waals surface area (Å²) in [6.07, 6.45) is 1.52. The van der Waals surface area contributed by atoms with Gasteiger partial charge in [-0.1, -0.05) is 23.2 Å². The second kappa shape index (κ2) is 4.30. The van der Waals surface area contributed by atoms with Crippen LogP contribution in [0.25, 0.3) is 11.5 Å². The number of hydrogen-bond acceptors (Lipinski definition) is 5. The first-order valence-corrected chi connectivity index (χ1v) is 5.56. The van der Waals surface area contributed by atoms with Gasteiger partial charge in [0.2, 0.25) is 5.13 Å². The van der Waals surface area contributed by atoms with E-state index < -0.39 is 0 Å². The maximum absolute atomic E-state index is 5.97. The third kappa shape index (κ3) is 2.19. The number of rotatable bonds is 2. The molecule has 2 rings (SSSR count). The number of aromatic nitrogens is 3. The van der Waals surface area contributed by atoms with Gasteiger partial charge in [0.15, 0.2) is 5.82 Å². The van der Waals surface area contributed by atoms with Gasteiger partial charge in [-0.25, -0.2) is 4.98 Å². The zero-order valence-electron chi connectivity index (χ0n) is 7.66. The van der Waals surface area contributed by atoms with E-state index in [0.29, 0.717) is 21.6 Å². The first-order valence-electron chi connectivity index (χ1n) is 4.03. The minimum Gasteiger partial charge on any atom is -0.363 e. The summed E-state index contributed by atoms with van der Waals surface area (Å²) < 4.78 is 4.13. The molecule has 0 radical (unpaired) electrons. The molecular formula is C8H6Cl2N4S. The Bertz CT molecular complexity index is 485. The average Bonchev–Trinajstić information content (AvgIpc) is 2.66. The Morgan fingerprint density at radius 3 is 2.80 bits per heavy atom. The second-order valence-corrected chi connectivity index (χ2v) is 4.25. The van der Waals surface area contributed by atoms with E-state index in [9.17, 15) is 0 Å². The molecule has 0 fully saturated rings. The van der Waals surface area contributed by atoms with E-state index >= 15 is 0 Å². The Morgan fingerprint density at radius 2 is 2.20 bits per heavy atom. The van der Waals surface area contributed by atoms with Crippen molar-refractivity contribution >= 4 is 39.9 Å². The zero-order chi connectivity index (χ0) is 10.8. The van der Waals surface area contributed by atoms with Crippen LogP contribution in [0.15, 0.2) is 12.3 Å². The molecule has 0 saturated heterocycles. The molecule has 0 aliphatic carbocycles. The summed E-state index contributed by atoms with van der Waals surface area (Å²) in [5.74, 6) is 0.506.